The summed E-state index contributed by atoms with van der Waals surface area (Å²) in [5, 5.41) is 0. The molecule has 0 aliphatic rings. The van der Waals surface area contributed by atoms with Crippen LogP contribution in [0.15, 0.2) is 30.3 Å². The number of aryl methyl sites for hydroxylation is 1. The lowest BCUT2D eigenvalue weighted by Crippen LogP contribution is -2.10. The first-order chi connectivity index (χ1) is 12.7. The molecule has 0 radical (unpaired) electrons. The van der Waals surface area contributed by atoms with Crippen LogP contribution in [0.4, 0.5) is 13.2 Å². The average Bonchev–Trinajstić information content (AvgIpc) is 2.63. The Balaban J connectivity index is 2.59. The minimum absolute atomic E-state index is 0.0515. The van der Waals surface area contributed by atoms with Gasteiger partial charge in [0.25, 0.3) is 0 Å². The number of allylic oxidation sites excluding steroid dienone is 1. The number of benzene rings is 1. The third kappa shape index (κ3) is 4.79. The Hall–Kier alpha value is -2.55. The number of hydrogen-bond donors (Lipinski definition) is 1. The van der Waals surface area contributed by atoms with E-state index < -0.39 is 17.7 Å². The molecule has 0 amide bonds. The number of nitrogens with zero attached hydrogens (tertiary/aromatic N) is 2. The summed E-state index contributed by atoms with van der Waals surface area (Å²) >= 11 is 4.12. The summed E-state index contributed by atoms with van der Waals surface area (Å²) in [6.07, 6.45) is -3.02. The van der Waals surface area contributed by atoms with Gasteiger partial charge in [-0.1, -0.05) is 12.1 Å². The number of alkyl halides is 3. The van der Waals surface area contributed by atoms with Gasteiger partial charge in [0, 0.05) is 0 Å². The van der Waals surface area contributed by atoms with Crippen LogP contribution in [0.5, 0.6) is 11.6 Å². The summed E-state index contributed by atoms with van der Waals surface area (Å²) in [5.41, 5.74) is -0.0644. The number of methoxy groups -OCH3 is 1. The van der Waals surface area contributed by atoms with Gasteiger partial charge < -0.3 is 9.47 Å². The second-order valence-electron chi connectivity index (χ2n) is 5.39. The van der Waals surface area contributed by atoms with Gasteiger partial charge in [-0.2, -0.15) is 30.8 Å². The summed E-state index contributed by atoms with van der Waals surface area (Å²) in [6, 6.07) is 4.38. The molecular formula is C18H17F3N2O3S. The highest BCUT2D eigenvalue weighted by Crippen LogP contribution is 2.35. The quantitative estimate of drug-likeness (QED) is 0.453. The largest absolute Gasteiger partial charge is 0.465 e. The zero-order valence-corrected chi connectivity index (χ0v) is 15.7. The van der Waals surface area contributed by atoms with Gasteiger partial charge in [0.05, 0.1) is 35.3 Å². The SMILES string of the molecule is CC=C(C(=O)OC)c1c(C)nc(CS)nc1Oc1cccc(C(F)(F)F)c1. The van der Waals surface area contributed by atoms with Crippen LogP contribution in [-0.2, 0) is 21.5 Å². The molecule has 1 aromatic heterocycles. The summed E-state index contributed by atoms with van der Waals surface area (Å²) in [5.74, 6) is -0.277. The maximum absolute atomic E-state index is 12.9. The van der Waals surface area contributed by atoms with E-state index in [1.807, 2.05) is 0 Å². The molecule has 0 saturated carbocycles. The monoisotopic (exact) mass is 398 g/mol. The number of ether oxygens (including phenoxy) is 2. The Bertz CT molecular complexity index is 883. The smallest absolute Gasteiger partial charge is 0.416 e. The lowest BCUT2D eigenvalue weighted by atomic mass is 10.1. The molecule has 9 heteroatoms. The van der Waals surface area contributed by atoms with Crippen molar-refractivity contribution in [1.29, 1.82) is 0 Å². The molecule has 0 bridgehead atoms. The van der Waals surface area contributed by atoms with Crippen LogP contribution in [0.2, 0.25) is 0 Å². The highest BCUT2D eigenvalue weighted by molar-refractivity contribution is 7.79. The molecule has 0 atom stereocenters. The van der Waals surface area contributed by atoms with Crippen LogP contribution in [0.25, 0.3) is 5.57 Å². The summed E-state index contributed by atoms with van der Waals surface area (Å²) in [7, 11) is 1.22. The maximum atomic E-state index is 12.9. The van der Waals surface area contributed by atoms with E-state index in [1.165, 1.54) is 25.3 Å². The average molecular weight is 398 g/mol. The minimum atomic E-state index is -4.51. The second kappa shape index (κ2) is 8.43. The van der Waals surface area contributed by atoms with Crippen LogP contribution < -0.4 is 4.74 Å². The number of aromatic nitrogens is 2. The molecule has 2 aromatic rings. The summed E-state index contributed by atoms with van der Waals surface area (Å²) < 4.78 is 49.2. The second-order valence-corrected chi connectivity index (χ2v) is 5.70. The standard InChI is InChI=1S/C18H17F3N2O3S/c1-4-13(17(24)25-3)15-10(2)22-14(9-27)23-16(15)26-12-7-5-6-11(8-12)18(19,20)21/h4-8,27H,9H2,1-3H3. The van der Waals surface area contributed by atoms with Crippen molar-refractivity contribution in [3.63, 3.8) is 0 Å². The molecular weight excluding hydrogens is 381 g/mol. The third-order valence-electron chi connectivity index (χ3n) is 3.58. The van der Waals surface area contributed by atoms with Gasteiger partial charge >= 0.3 is 12.1 Å². The summed E-state index contributed by atoms with van der Waals surface area (Å²) in [6.45, 7) is 3.25. The molecule has 0 saturated heterocycles. The highest BCUT2D eigenvalue weighted by Gasteiger charge is 2.31. The Morgan fingerprint density at radius 3 is 2.56 bits per heavy atom. The van der Waals surface area contributed by atoms with Gasteiger partial charge in [-0.25, -0.2) is 9.78 Å². The molecule has 0 aliphatic heterocycles. The van der Waals surface area contributed by atoms with E-state index in [9.17, 15) is 18.0 Å². The lowest BCUT2D eigenvalue weighted by Gasteiger charge is -2.15. The fourth-order valence-electron chi connectivity index (χ4n) is 2.38. The van der Waals surface area contributed by atoms with E-state index >= 15 is 0 Å². The Kier molecular flexibility index (Phi) is 6.48. The summed E-state index contributed by atoms with van der Waals surface area (Å²) in [4.78, 5) is 20.5. The Morgan fingerprint density at radius 1 is 1.30 bits per heavy atom. The van der Waals surface area contributed by atoms with E-state index in [1.54, 1.807) is 13.8 Å². The van der Waals surface area contributed by atoms with Crippen LogP contribution in [0.1, 0.15) is 29.6 Å². The lowest BCUT2D eigenvalue weighted by molar-refractivity contribution is -0.137. The number of halogens is 3. The Labute approximate surface area is 159 Å². The molecule has 5 nitrogen and oxygen atoms in total. The Morgan fingerprint density at radius 2 is 2.00 bits per heavy atom. The maximum Gasteiger partial charge on any atom is 0.416 e. The molecule has 0 fully saturated rings. The van der Waals surface area contributed by atoms with Gasteiger partial charge in [0.15, 0.2) is 0 Å². The van der Waals surface area contributed by atoms with Gasteiger partial charge in [-0.05, 0) is 32.0 Å². The van der Waals surface area contributed by atoms with Crippen molar-refractivity contribution in [1.82, 2.24) is 9.97 Å². The predicted molar refractivity (Wildman–Crippen MR) is 96.6 cm³/mol. The first kappa shape index (κ1) is 20.8. The molecule has 144 valence electrons. The number of thiol groups is 1. The number of carbonyl (C=O) groups excluding carboxylic acids is 1. The molecule has 27 heavy (non-hydrogen) atoms. The molecule has 0 spiro atoms. The van der Waals surface area contributed by atoms with Crippen molar-refractivity contribution in [2.75, 3.05) is 7.11 Å². The minimum Gasteiger partial charge on any atom is -0.465 e. The van der Waals surface area contributed by atoms with Gasteiger partial charge in [0.2, 0.25) is 5.88 Å². The number of esters is 1. The molecule has 1 heterocycles. The van der Waals surface area contributed by atoms with Crippen molar-refractivity contribution >= 4 is 24.2 Å². The van der Waals surface area contributed by atoms with Gasteiger partial charge in [-0.3, -0.25) is 0 Å². The molecule has 1 aromatic carbocycles. The molecule has 0 N–H and O–H groups in total. The van der Waals surface area contributed by atoms with Gasteiger partial charge in [-0.15, -0.1) is 0 Å². The number of hydrogen-bond acceptors (Lipinski definition) is 6. The number of carbonyl (C=O) groups is 1. The van der Waals surface area contributed by atoms with Crippen LogP contribution in [0, 0.1) is 6.92 Å². The van der Waals surface area contributed by atoms with E-state index in [2.05, 4.69) is 22.6 Å². The van der Waals surface area contributed by atoms with E-state index in [0.29, 0.717) is 11.5 Å². The van der Waals surface area contributed by atoms with E-state index in [-0.39, 0.29) is 28.5 Å². The highest BCUT2D eigenvalue weighted by atomic mass is 32.1. The normalized spacial score (nSPS) is 12.0. The first-order valence-electron chi connectivity index (χ1n) is 7.79. The zero-order chi connectivity index (χ0) is 20.2. The van der Waals surface area contributed by atoms with Crippen LogP contribution in [-0.4, -0.2) is 23.0 Å². The topological polar surface area (TPSA) is 61.3 Å². The van der Waals surface area contributed by atoms with Gasteiger partial charge in [0.1, 0.15) is 11.6 Å². The van der Waals surface area contributed by atoms with Crippen LogP contribution in [0.3, 0.4) is 0 Å². The third-order valence-corrected chi connectivity index (χ3v) is 3.87. The number of rotatable bonds is 5. The fraction of sp³-hybridized carbons (Fsp3) is 0.278. The van der Waals surface area contributed by atoms with Crippen molar-refractivity contribution in [3.05, 3.63) is 53.0 Å². The van der Waals surface area contributed by atoms with E-state index in [0.717, 1.165) is 12.1 Å². The zero-order valence-electron chi connectivity index (χ0n) is 14.8. The first-order valence-corrected chi connectivity index (χ1v) is 8.43. The van der Waals surface area contributed by atoms with E-state index in [4.69, 9.17) is 9.47 Å². The molecule has 2 rings (SSSR count). The molecule has 0 aliphatic carbocycles. The van der Waals surface area contributed by atoms with Crippen molar-refractivity contribution in [2.45, 2.75) is 25.8 Å². The van der Waals surface area contributed by atoms with Crippen molar-refractivity contribution < 1.29 is 27.4 Å². The predicted octanol–water partition coefficient (Wildman–Crippen LogP) is 4.60. The van der Waals surface area contributed by atoms with Crippen LogP contribution >= 0.6 is 12.6 Å². The van der Waals surface area contributed by atoms with Crippen molar-refractivity contribution in [2.24, 2.45) is 0 Å². The van der Waals surface area contributed by atoms with Crippen molar-refractivity contribution in [3.8, 4) is 11.6 Å². The fourth-order valence-corrected chi connectivity index (χ4v) is 2.52. The molecule has 0 unspecified atom stereocenters.